The molecular formula is C28H47BrN2O5. The predicted octanol–water partition coefficient (Wildman–Crippen LogP) is 5.95. The maximum Gasteiger partial charge on any atom is 0.407 e. The fourth-order valence-electron chi connectivity index (χ4n) is 3.99. The number of benzene rings is 1. The number of alkyl carbamates (subject to hydrolysis) is 1. The Morgan fingerprint density at radius 1 is 1.14 bits per heavy atom. The highest BCUT2D eigenvalue weighted by Crippen LogP contribution is 2.29. The number of ether oxygens (including phenoxy) is 1. The number of phenols is 1. The van der Waals surface area contributed by atoms with E-state index in [2.05, 4.69) is 47.3 Å². The largest absolute Gasteiger partial charge is 0.507 e. The van der Waals surface area contributed by atoms with Gasteiger partial charge in [0, 0.05) is 12.0 Å². The van der Waals surface area contributed by atoms with Crippen molar-refractivity contribution in [1.82, 2.24) is 10.6 Å². The van der Waals surface area contributed by atoms with Gasteiger partial charge >= 0.3 is 6.09 Å². The number of phenolic OH excluding ortho intramolecular Hbond substituents is 1. The van der Waals surface area contributed by atoms with E-state index >= 15 is 0 Å². The molecule has 4 N–H and O–H groups in total. The Bertz CT molecular complexity index is 851. The van der Waals surface area contributed by atoms with Gasteiger partial charge in [-0.25, -0.2) is 4.79 Å². The SMILES string of the molecule is CCCCC(C)(C)C(=O)NCC(O)C(CC(Cc1ccc(Br)c(O)c1)C(C)C)NC(=O)OC(C)(C)C. The van der Waals surface area contributed by atoms with E-state index in [-0.39, 0.29) is 30.0 Å². The maximum absolute atomic E-state index is 12.8. The fourth-order valence-corrected chi connectivity index (χ4v) is 4.23. The Morgan fingerprint density at radius 2 is 1.78 bits per heavy atom. The summed E-state index contributed by atoms with van der Waals surface area (Å²) >= 11 is 3.31. The van der Waals surface area contributed by atoms with E-state index in [9.17, 15) is 19.8 Å². The first-order valence-electron chi connectivity index (χ1n) is 13.0. The monoisotopic (exact) mass is 570 g/mol. The van der Waals surface area contributed by atoms with Crippen molar-refractivity contribution in [3.63, 3.8) is 0 Å². The van der Waals surface area contributed by atoms with Crippen LogP contribution < -0.4 is 10.6 Å². The molecule has 36 heavy (non-hydrogen) atoms. The van der Waals surface area contributed by atoms with Crippen molar-refractivity contribution in [3.8, 4) is 5.75 Å². The Hall–Kier alpha value is -1.80. The van der Waals surface area contributed by atoms with Crippen LogP contribution in [0.4, 0.5) is 4.79 Å². The molecule has 0 aliphatic rings. The van der Waals surface area contributed by atoms with Crippen LogP contribution in [0.2, 0.25) is 0 Å². The lowest BCUT2D eigenvalue weighted by atomic mass is 9.82. The number of nitrogens with one attached hydrogen (secondary N) is 2. The summed E-state index contributed by atoms with van der Waals surface area (Å²) in [5, 5.41) is 26.9. The van der Waals surface area contributed by atoms with Gasteiger partial charge in [0.15, 0.2) is 0 Å². The van der Waals surface area contributed by atoms with Gasteiger partial charge in [0.25, 0.3) is 0 Å². The topological polar surface area (TPSA) is 108 Å². The number of aliphatic hydroxyl groups is 1. The van der Waals surface area contributed by atoms with Crippen molar-refractivity contribution in [1.29, 1.82) is 0 Å². The molecule has 7 nitrogen and oxygen atoms in total. The summed E-state index contributed by atoms with van der Waals surface area (Å²) in [7, 11) is 0. The van der Waals surface area contributed by atoms with Gasteiger partial charge in [-0.05, 0) is 85.5 Å². The molecule has 0 saturated heterocycles. The fraction of sp³-hybridized carbons (Fsp3) is 0.714. The molecule has 1 rings (SSSR count). The van der Waals surface area contributed by atoms with Gasteiger partial charge in [-0.3, -0.25) is 4.79 Å². The summed E-state index contributed by atoms with van der Waals surface area (Å²) in [5.74, 6) is 0.397. The first-order valence-corrected chi connectivity index (χ1v) is 13.8. The summed E-state index contributed by atoms with van der Waals surface area (Å²) < 4.78 is 6.07. The summed E-state index contributed by atoms with van der Waals surface area (Å²) in [4.78, 5) is 25.4. The lowest BCUT2D eigenvalue weighted by Gasteiger charge is -2.32. The van der Waals surface area contributed by atoms with E-state index in [1.54, 1.807) is 26.8 Å². The van der Waals surface area contributed by atoms with Crippen LogP contribution in [-0.2, 0) is 16.0 Å². The van der Waals surface area contributed by atoms with E-state index in [0.717, 1.165) is 24.8 Å². The molecule has 1 aromatic carbocycles. The Balaban J connectivity index is 3.02. The number of hydrogen-bond donors (Lipinski definition) is 4. The molecule has 0 radical (unpaired) electrons. The second kappa shape index (κ2) is 14.2. The number of hydrogen-bond acceptors (Lipinski definition) is 5. The molecule has 0 aliphatic heterocycles. The molecule has 0 spiro atoms. The summed E-state index contributed by atoms with van der Waals surface area (Å²) in [6.45, 7) is 15.5. The number of unbranched alkanes of at least 4 members (excludes halogenated alkanes) is 1. The van der Waals surface area contributed by atoms with Crippen LogP contribution in [0.25, 0.3) is 0 Å². The van der Waals surface area contributed by atoms with Gasteiger partial charge < -0.3 is 25.6 Å². The van der Waals surface area contributed by atoms with Gasteiger partial charge in [0.1, 0.15) is 11.4 Å². The van der Waals surface area contributed by atoms with Crippen LogP contribution in [0, 0.1) is 17.3 Å². The molecule has 3 atom stereocenters. The quantitative estimate of drug-likeness (QED) is 0.234. The molecule has 8 heteroatoms. The minimum Gasteiger partial charge on any atom is -0.507 e. The van der Waals surface area contributed by atoms with Crippen molar-refractivity contribution in [2.24, 2.45) is 17.3 Å². The van der Waals surface area contributed by atoms with Crippen LogP contribution in [0.3, 0.4) is 0 Å². The first kappa shape index (κ1) is 32.2. The van der Waals surface area contributed by atoms with E-state index in [0.29, 0.717) is 17.3 Å². The molecule has 0 saturated carbocycles. The van der Waals surface area contributed by atoms with Crippen molar-refractivity contribution in [3.05, 3.63) is 28.2 Å². The summed E-state index contributed by atoms with van der Waals surface area (Å²) in [6.07, 6.45) is 2.26. The Kier molecular flexibility index (Phi) is 12.7. The van der Waals surface area contributed by atoms with E-state index in [1.807, 2.05) is 26.0 Å². The second-order valence-electron chi connectivity index (χ2n) is 11.7. The van der Waals surface area contributed by atoms with Crippen molar-refractivity contribution in [2.45, 2.75) is 105 Å². The van der Waals surface area contributed by atoms with Crippen molar-refractivity contribution >= 4 is 27.9 Å². The average Bonchev–Trinajstić information content (AvgIpc) is 2.75. The highest BCUT2D eigenvalue weighted by molar-refractivity contribution is 9.10. The average molecular weight is 572 g/mol. The molecular weight excluding hydrogens is 524 g/mol. The van der Waals surface area contributed by atoms with Crippen LogP contribution in [0.15, 0.2) is 22.7 Å². The van der Waals surface area contributed by atoms with Gasteiger partial charge in [0.2, 0.25) is 5.91 Å². The minimum absolute atomic E-state index is 0.0265. The lowest BCUT2D eigenvalue weighted by molar-refractivity contribution is -0.130. The number of carbonyl (C=O) groups is 2. The summed E-state index contributed by atoms with van der Waals surface area (Å²) in [5.41, 5.74) is -0.247. The van der Waals surface area contributed by atoms with Crippen molar-refractivity contribution < 1.29 is 24.5 Å². The highest BCUT2D eigenvalue weighted by Gasteiger charge is 2.31. The molecule has 2 amide bonds. The smallest absolute Gasteiger partial charge is 0.407 e. The molecule has 0 aromatic heterocycles. The van der Waals surface area contributed by atoms with Gasteiger partial charge in [-0.15, -0.1) is 0 Å². The maximum atomic E-state index is 12.8. The number of rotatable bonds is 13. The number of aliphatic hydroxyl groups excluding tert-OH is 1. The molecule has 0 heterocycles. The van der Waals surface area contributed by atoms with Crippen LogP contribution in [0.1, 0.15) is 86.6 Å². The molecule has 1 aromatic rings. The number of aromatic hydroxyl groups is 1. The van der Waals surface area contributed by atoms with E-state index < -0.39 is 29.3 Å². The molecule has 206 valence electrons. The lowest BCUT2D eigenvalue weighted by Crippen LogP contribution is -2.51. The Morgan fingerprint density at radius 3 is 2.31 bits per heavy atom. The van der Waals surface area contributed by atoms with E-state index in [1.165, 1.54) is 0 Å². The van der Waals surface area contributed by atoms with Gasteiger partial charge in [-0.2, -0.15) is 0 Å². The third-order valence-corrected chi connectivity index (χ3v) is 7.09. The third-order valence-electron chi connectivity index (χ3n) is 6.42. The number of halogens is 1. The van der Waals surface area contributed by atoms with Crippen LogP contribution >= 0.6 is 15.9 Å². The summed E-state index contributed by atoms with van der Waals surface area (Å²) in [6, 6.07) is 4.86. The molecule has 0 aliphatic carbocycles. The minimum atomic E-state index is -0.997. The number of carbonyl (C=O) groups excluding carboxylic acids is 2. The standard InChI is InChI=1S/C28H47BrN2O5/c1-9-10-13-28(7,8)25(34)30-17-24(33)22(31-26(35)36-27(4,5)6)16-20(18(2)3)14-19-11-12-21(29)23(32)15-19/h11-12,15,18,20,22,24,32-33H,9-10,13-14,16-17H2,1-8H3,(H,30,34)(H,31,35). The third kappa shape index (κ3) is 11.5. The zero-order valence-electron chi connectivity index (χ0n) is 23.3. The predicted molar refractivity (Wildman–Crippen MR) is 148 cm³/mol. The van der Waals surface area contributed by atoms with E-state index in [4.69, 9.17) is 4.74 Å². The zero-order chi connectivity index (χ0) is 27.7. The number of amides is 2. The zero-order valence-corrected chi connectivity index (χ0v) is 24.9. The Labute approximate surface area is 225 Å². The molecule has 0 bridgehead atoms. The van der Waals surface area contributed by atoms with Gasteiger partial charge in [0.05, 0.1) is 16.6 Å². The first-order chi connectivity index (χ1) is 16.6. The molecule has 0 fully saturated rings. The van der Waals surface area contributed by atoms with Crippen LogP contribution in [0.5, 0.6) is 5.75 Å². The molecule has 3 unspecified atom stereocenters. The van der Waals surface area contributed by atoms with Gasteiger partial charge in [-0.1, -0.05) is 53.5 Å². The van der Waals surface area contributed by atoms with Crippen molar-refractivity contribution in [2.75, 3.05) is 6.54 Å². The van der Waals surface area contributed by atoms with Crippen LogP contribution in [-0.4, -0.2) is 46.5 Å². The second-order valence-corrected chi connectivity index (χ2v) is 12.6. The highest BCUT2D eigenvalue weighted by atomic mass is 79.9. The normalized spacial score (nSPS) is 14.8.